The van der Waals surface area contributed by atoms with Gasteiger partial charge in [0.2, 0.25) is 6.04 Å². The zero-order chi connectivity index (χ0) is 16.4. The van der Waals surface area contributed by atoms with E-state index in [-0.39, 0.29) is 11.9 Å². The predicted molar refractivity (Wildman–Crippen MR) is 86.9 cm³/mol. The molecule has 120 valence electrons. The Morgan fingerprint density at radius 2 is 1.91 bits per heavy atom. The molecule has 1 aliphatic heterocycles. The normalized spacial score (nSPS) is 14.2. The number of aromatic nitrogens is 1. The lowest BCUT2D eigenvalue weighted by Crippen LogP contribution is -2.47. The SMILES string of the molecule is Cc1ccc[n+]([C@H](C)C(=O)Nc2ccc3c(c2)OCCO3)c1C. The Bertz CT molecular complexity index is 743. The fourth-order valence-electron chi connectivity index (χ4n) is 2.63. The van der Waals surface area contributed by atoms with Crippen LogP contribution < -0.4 is 19.4 Å². The minimum absolute atomic E-state index is 0.0691. The van der Waals surface area contributed by atoms with Gasteiger partial charge < -0.3 is 14.8 Å². The quantitative estimate of drug-likeness (QED) is 0.886. The molecular weight excluding hydrogens is 292 g/mol. The predicted octanol–water partition coefficient (Wildman–Crippen LogP) is 2.56. The lowest BCUT2D eigenvalue weighted by Gasteiger charge is -2.19. The Kier molecular flexibility index (Phi) is 4.19. The van der Waals surface area contributed by atoms with E-state index in [2.05, 4.69) is 5.32 Å². The van der Waals surface area contributed by atoms with Crippen LogP contribution in [0.15, 0.2) is 36.5 Å². The average molecular weight is 313 g/mol. The molecule has 1 N–H and O–H groups in total. The third kappa shape index (κ3) is 3.13. The van der Waals surface area contributed by atoms with Gasteiger partial charge in [-0.3, -0.25) is 4.79 Å². The van der Waals surface area contributed by atoms with Crippen LogP contribution in [0.1, 0.15) is 24.2 Å². The zero-order valence-electron chi connectivity index (χ0n) is 13.6. The summed E-state index contributed by atoms with van der Waals surface area (Å²) in [5, 5.41) is 2.94. The molecule has 0 fully saturated rings. The van der Waals surface area contributed by atoms with Crippen molar-refractivity contribution in [3.8, 4) is 11.5 Å². The van der Waals surface area contributed by atoms with Crippen LogP contribution in [0.2, 0.25) is 0 Å². The molecule has 0 saturated heterocycles. The monoisotopic (exact) mass is 313 g/mol. The molecule has 0 aliphatic carbocycles. The van der Waals surface area contributed by atoms with E-state index < -0.39 is 0 Å². The number of benzene rings is 1. The molecule has 0 spiro atoms. The number of nitrogens with zero attached hydrogens (tertiary/aromatic N) is 1. The van der Waals surface area contributed by atoms with Gasteiger partial charge in [-0.05, 0) is 25.1 Å². The number of aryl methyl sites for hydroxylation is 1. The number of hydrogen-bond donors (Lipinski definition) is 1. The number of nitrogens with one attached hydrogen (secondary N) is 1. The van der Waals surface area contributed by atoms with Crippen LogP contribution in [0, 0.1) is 13.8 Å². The van der Waals surface area contributed by atoms with Crippen molar-refractivity contribution >= 4 is 11.6 Å². The summed E-state index contributed by atoms with van der Waals surface area (Å²) in [6.07, 6.45) is 1.93. The second-order valence-electron chi connectivity index (χ2n) is 5.71. The van der Waals surface area contributed by atoms with Crippen molar-refractivity contribution < 1.29 is 18.8 Å². The molecule has 2 aromatic rings. The van der Waals surface area contributed by atoms with Crippen molar-refractivity contribution in [1.29, 1.82) is 0 Å². The first kappa shape index (κ1) is 15.3. The van der Waals surface area contributed by atoms with E-state index in [0.29, 0.717) is 30.4 Å². The lowest BCUT2D eigenvalue weighted by molar-refractivity contribution is -0.711. The highest BCUT2D eigenvalue weighted by Gasteiger charge is 2.25. The number of carbonyl (C=O) groups is 1. The Morgan fingerprint density at radius 3 is 2.70 bits per heavy atom. The van der Waals surface area contributed by atoms with Crippen molar-refractivity contribution in [3.63, 3.8) is 0 Å². The van der Waals surface area contributed by atoms with Crippen LogP contribution >= 0.6 is 0 Å². The first-order valence-electron chi connectivity index (χ1n) is 7.74. The molecule has 5 heteroatoms. The summed E-state index contributed by atoms with van der Waals surface area (Å²) < 4.78 is 13.0. The van der Waals surface area contributed by atoms with Crippen LogP contribution in [0.25, 0.3) is 0 Å². The maximum Gasteiger partial charge on any atom is 0.293 e. The molecule has 1 aliphatic rings. The van der Waals surface area contributed by atoms with Crippen LogP contribution in [0.3, 0.4) is 0 Å². The van der Waals surface area contributed by atoms with Gasteiger partial charge in [0.25, 0.3) is 5.91 Å². The van der Waals surface area contributed by atoms with E-state index in [1.54, 1.807) is 6.07 Å². The van der Waals surface area contributed by atoms with Crippen molar-refractivity contribution in [2.24, 2.45) is 0 Å². The second kappa shape index (κ2) is 6.28. The maximum absolute atomic E-state index is 12.5. The highest BCUT2D eigenvalue weighted by atomic mass is 16.6. The maximum atomic E-state index is 12.5. The number of hydrogen-bond acceptors (Lipinski definition) is 3. The van der Waals surface area contributed by atoms with E-state index in [4.69, 9.17) is 9.47 Å². The number of pyridine rings is 1. The van der Waals surface area contributed by atoms with Crippen molar-refractivity contribution in [2.45, 2.75) is 26.8 Å². The van der Waals surface area contributed by atoms with Crippen molar-refractivity contribution in [2.75, 3.05) is 18.5 Å². The molecule has 0 radical (unpaired) electrons. The molecule has 0 unspecified atom stereocenters. The van der Waals surface area contributed by atoms with Crippen molar-refractivity contribution in [1.82, 2.24) is 0 Å². The first-order valence-corrected chi connectivity index (χ1v) is 7.74. The zero-order valence-corrected chi connectivity index (χ0v) is 13.6. The molecule has 23 heavy (non-hydrogen) atoms. The standard InChI is InChI=1S/C18H20N2O3/c1-12-5-4-8-20(13(12)2)14(3)18(21)19-15-6-7-16-17(11-15)23-10-9-22-16/h4-8,11,14H,9-10H2,1-3H3/p+1/t14-/m1/s1. The molecule has 1 aromatic heterocycles. The van der Waals surface area contributed by atoms with Crippen LogP contribution in [-0.4, -0.2) is 19.1 Å². The van der Waals surface area contributed by atoms with Gasteiger partial charge in [0.1, 0.15) is 13.2 Å². The molecule has 1 amide bonds. The number of fused-ring (bicyclic) bond motifs is 1. The van der Waals surface area contributed by atoms with Gasteiger partial charge >= 0.3 is 0 Å². The van der Waals surface area contributed by atoms with Gasteiger partial charge in [-0.2, -0.15) is 4.57 Å². The Labute approximate surface area is 135 Å². The van der Waals surface area contributed by atoms with Gasteiger partial charge in [0.05, 0.1) is 0 Å². The summed E-state index contributed by atoms with van der Waals surface area (Å²) in [6.45, 7) is 7.03. The van der Waals surface area contributed by atoms with Gasteiger partial charge in [-0.15, -0.1) is 0 Å². The molecular formula is C18H21N2O3+. The first-order chi connectivity index (χ1) is 11.1. The van der Waals surface area contributed by atoms with Crippen LogP contribution in [0.5, 0.6) is 11.5 Å². The van der Waals surface area contributed by atoms with Crippen LogP contribution in [0.4, 0.5) is 5.69 Å². The molecule has 5 nitrogen and oxygen atoms in total. The Morgan fingerprint density at radius 1 is 1.17 bits per heavy atom. The molecule has 0 saturated carbocycles. The van der Waals surface area contributed by atoms with Gasteiger partial charge in [0.15, 0.2) is 23.4 Å². The van der Waals surface area contributed by atoms with E-state index in [1.807, 2.05) is 55.8 Å². The van der Waals surface area contributed by atoms with Crippen LogP contribution in [-0.2, 0) is 4.79 Å². The topological polar surface area (TPSA) is 51.4 Å². The number of anilines is 1. The summed E-state index contributed by atoms with van der Waals surface area (Å²) in [5.74, 6) is 1.31. The molecule has 1 atom stereocenters. The largest absolute Gasteiger partial charge is 0.486 e. The Hall–Kier alpha value is -2.56. The number of carbonyl (C=O) groups excluding carboxylic acids is 1. The molecule has 1 aromatic carbocycles. The minimum Gasteiger partial charge on any atom is -0.486 e. The Balaban J connectivity index is 1.77. The summed E-state index contributed by atoms with van der Waals surface area (Å²) in [4.78, 5) is 12.5. The molecule has 0 bridgehead atoms. The minimum atomic E-state index is -0.303. The van der Waals surface area contributed by atoms with Gasteiger partial charge in [-0.25, -0.2) is 0 Å². The second-order valence-corrected chi connectivity index (χ2v) is 5.71. The van der Waals surface area contributed by atoms with Gasteiger partial charge in [0, 0.05) is 37.2 Å². The summed E-state index contributed by atoms with van der Waals surface area (Å²) >= 11 is 0. The molecule has 2 heterocycles. The van der Waals surface area contributed by atoms with E-state index in [9.17, 15) is 4.79 Å². The average Bonchev–Trinajstić information content (AvgIpc) is 2.56. The number of ether oxygens (including phenoxy) is 2. The summed E-state index contributed by atoms with van der Waals surface area (Å²) in [5.41, 5.74) is 2.95. The smallest absolute Gasteiger partial charge is 0.293 e. The van der Waals surface area contributed by atoms with E-state index in [1.165, 1.54) is 0 Å². The fourth-order valence-corrected chi connectivity index (χ4v) is 2.63. The fraction of sp³-hybridized carbons (Fsp3) is 0.333. The van der Waals surface area contributed by atoms with Crippen molar-refractivity contribution in [3.05, 3.63) is 47.8 Å². The summed E-state index contributed by atoms with van der Waals surface area (Å²) in [7, 11) is 0. The third-order valence-corrected chi connectivity index (χ3v) is 4.16. The third-order valence-electron chi connectivity index (χ3n) is 4.16. The van der Waals surface area contributed by atoms with E-state index >= 15 is 0 Å². The highest BCUT2D eigenvalue weighted by molar-refractivity contribution is 5.92. The van der Waals surface area contributed by atoms with Gasteiger partial charge in [-0.1, -0.05) is 0 Å². The lowest BCUT2D eigenvalue weighted by atomic mass is 10.2. The van der Waals surface area contributed by atoms with E-state index in [0.717, 1.165) is 11.3 Å². The highest BCUT2D eigenvalue weighted by Crippen LogP contribution is 2.32. The molecule has 3 rings (SSSR count). The summed E-state index contributed by atoms with van der Waals surface area (Å²) in [6, 6.07) is 9.13. The number of amides is 1. The number of rotatable bonds is 3.